The number of aromatic nitrogens is 1. The highest BCUT2D eigenvalue weighted by atomic mass is 19.4. The van der Waals surface area contributed by atoms with E-state index in [0.29, 0.717) is 24.2 Å². The first-order chi connectivity index (χ1) is 37.3. The molecule has 0 unspecified atom stereocenters. The molecule has 5 atom stereocenters. The SMILES string of the molecule is CC(C)[C@H](NC(=O)CN1C(=O)CCC1=O)C(=O)C[C@@H](C)C(=O)N[C@@H](CCCCNC(=O)CCNC(=O)[C@@H](N)CCN(C(=O)CO)[C@@H](c1cc(-c2cc(F)ccc2F)cn1Cc1ccccc1)C(C)(C)C)C(=O)O.O=C(O)C(F)(F)F. The number of nitrogens with one attached hydrogen (secondary N) is 4. The summed E-state index contributed by atoms with van der Waals surface area (Å²) in [5, 5.41) is 37.4. The fraction of sp³-hybridized carbons (Fsp3) is 0.519. The summed E-state index contributed by atoms with van der Waals surface area (Å²) in [5.41, 5.74) is 7.47. The Morgan fingerprint density at radius 2 is 1.43 bits per heavy atom. The van der Waals surface area contributed by atoms with Crippen LogP contribution in [0.5, 0.6) is 0 Å². The smallest absolute Gasteiger partial charge is 0.480 e. The van der Waals surface area contributed by atoms with E-state index in [4.69, 9.17) is 15.6 Å². The minimum absolute atomic E-state index is 0.00846. The number of carboxylic acid groups (broad SMARTS) is 2. The van der Waals surface area contributed by atoms with Gasteiger partial charge in [0.05, 0.1) is 18.1 Å². The number of aliphatic hydroxyl groups is 1. The summed E-state index contributed by atoms with van der Waals surface area (Å²) in [6, 6.07) is 10.1. The molecule has 9 N–H and O–H groups in total. The molecule has 0 spiro atoms. The molecular weight excluding hydrogens is 1060 g/mol. The summed E-state index contributed by atoms with van der Waals surface area (Å²) < 4.78 is 63.1. The van der Waals surface area contributed by atoms with Crippen LogP contribution in [0.2, 0.25) is 0 Å². The maximum absolute atomic E-state index is 15.1. The fourth-order valence-corrected chi connectivity index (χ4v) is 8.60. The number of amides is 7. The number of Topliss-reactive ketones (excluding diaryl/α,β-unsaturated/α-hetero) is 1. The van der Waals surface area contributed by atoms with Crippen molar-refractivity contribution in [3.05, 3.63) is 83.7 Å². The summed E-state index contributed by atoms with van der Waals surface area (Å²) in [6.07, 6.45) is -3.20. The van der Waals surface area contributed by atoms with Gasteiger partial charge in [0.2, 0.25) is 41.4 Å². The number of nitrogens with zero attached hydrogens (tertiary/aromatic N) is 3. The maximum atomic E-state index is 15.1. The Labute approximate surface area is 459 Å². The lowest BCUT2D eigenvalue weighted by Crippen LogP contribution is -2.50. The van der Waals surface area contributed by atoms with Crippen molar-refractivity contribution in [2.75, 3.05) is 32.8 Å². The van der Waals surface area contributed by atoms with Gasteiger partial charge in [-0.2, -0.15) is 13.2 Å². The first-order valence-corrected chi connectivity index (χ1v) is 25.7. The zero-order valence-corrected chi connectivity index (χ0v) is 45.4. The normalized spacial score (nSPS) is 14.4. The van der Waals surface area contributed by atoms with Crippen LogP contribution in [0.1, 0.15) is 110 Å². The van der Waals surface area contributed by atoms with E-state index < -0.39 is 131 Å². The van der Waals surface area contributed by atoms with Crippen LogP contribution in [-0.2, 0) is 54.5 Å². The monoisotopic (exact) mass is 1130 g/mol. The highest BCUT2D eigenvalue weighted by Gasteiger charge is 2.39. The molecule has 26 heteroatoms. The number of unbranched alkanes of at least 4 members (excludes halogenated alkanes) is 1. The number of ketones is 1. The lowest BCUT2D eigenvalue weighted by Gasteiger charge is -2.41. The van der Waals surface area contributed by atoms with Gasteiger partial charge in [0.1, 0.15) is 30.8 Å². The molecule has 1 aliphatic heterocycles. The minimum atomic E-state index is -5.08. The zero-order valence-electron chi connectivity index (χ0n) is 45.4. The highest BCUT2D eigenvalue weighted by molar-refractivity contribution is 6.05. The predicted molar refractivity (Wildman–Crippen MR) is 278 cm³/mol. The van der Waals surface area contributed by atoms with Crippen LogP contribution in [0, 0.1) is 28.9 Å². The third-order valence-electron chi connectivity index (χ3n) is 12.7. The van der Waals surface area contributed by atoms with Crippen LogP contribution < -0.4 is 27.0 Å². The van der Waals surface area contributed by atoms with E-state index in [0.717, 1.165) is 28.7 Å². The Morgan fingerprint density at radius 1 is 0.800 bits per heavy atom. The third kappa shape index (κ3) is 20.9. The molecule has 440 valence electrons. The van der Waals surface area contributed by atoms with E-state index in [1.54, 1.807) is 26.1 Å². The lowest BCUT2D eigenvalue weighted by molar-refractivity contribution is -0.192. The predicted octanol–water partition coefficient (Wildman–Crippen LogP) is 3.99. The maximum Gasteiger partial charge on any atom is 0.490 e. The number of benzene rings is 2. The number of carbonyl (C=O) groups excluding carboxylic acids is 8. The molecule has 3 aromatic rings. The molecular formula is C54H71F5N8O13. The number of hydrogen-bond donors (Lipinski definition) is 8. The van der Waals surface area contributed by atoms with Crippen LogP contribution in [0.3, 0.4) is 0 Å². The lowest BCUT2D eigenvalue weighted by atomic mass is 9.82. The van der Waals surface area contributed by atoms with Gasteiger partial charge in [-0.3, -0.25) is 43.3 Å². The number of carbonyl (C=O) groups is 10. The van der Waals surface area contributed by atoms with Crippen molar-refractivity contribution in [2.45, 2.75) is 130 Å². The van der Waals surface area contributed by atoms with E-state index in [9.17, 15) is 70.9 Å². The zero-order chi connectivity index (χ0) is 60.2. The fourth-order valence-electron chi connectivity index (χ4n) is 8.60. The summed E-state index contributed by atoms with van der Waals surface area (Å²) in [5.74, 6) is -11.2. The van der Waals surface area contributed by atoms with Crippen LogP contribution in [-0.4, -0.2) is 146 Å². The average molecular weight is 1140 g/mol. The number of aliphatic carboxylic acids is 2. The topological polar surface area (TPSA) is 317 Å². The van der Waals surface area contributed by atoms with Gasteiger partial charge in [-0.25, -0.2) is 18.4 Å². The van der Waals surface area contributed by atoms with Crippen LogP contribution in [0.15, 0.2) is 60.8 Å². The van der Waals surface area contributed by atoms with Crippen molar-refractivity contribution in [1.29, 1.82) is 0 Å². The van der Waals surface area contributed by atoms with Crippen molar-refractivity contribution in [1.82, 2.24) is 35.6 Å². The molecule has 2 aromatic carbocycles. The summed E-state index contributed by atoms with van der Waals surface area (Å²) in [6.45, 7) is 9.44. The number of nitrogens with two attached hydrogens (primary N) is 1. The Morgan fingerprint density at radius 3 is 1.99 bits per heavy atom. The Bertz CT molecular complexity index is 2660. The Balaban J connectivity index is 0.00000224. The second-order valence-electron chi connectivity index (χ2n) is 20.6. The standard InChI is InChI=1S/C52H70F2N8O11.C2HF3O2/c1-31(2)47(59-43(66)29-62-44(67)17-18-45(62)68)41(64)24-32(3)49(70)58-39(51(72)73)14-10-11-21-56-42(65)19-22-57-50(71)38(55)20-23-61(46(69)30-63)48(52(4,5)6)40-25-34(36-26-35(53)15-16-37(36)54)28-60(40)27-33-12-8-7-9-13-33;3-2(4,5)1(6)7/h7-9,12-13,15-16,25-26,28,31-32,38-39,47-48,63H,10-11,14,17-24,27,29-30,55H2,1-6H3,(H,56,65)(H,57,71)(H,58,70)(H,59,66)(H,72,73);(H,6,7)/t32-,38+,39+,47+,48+;/m1./s1. The largest absolute Gasteiger partial charge is 0.490 e. The Hall–Kier alpha value is -7.61. The first kappa shape index (κ1) is 66.7. The van der Waals surface area contributed by atoms with Crippen molar-refractivity contribution < 1.29 is 85.2 Å². The van der Waals surface area contributed by atoms with Crippen LogP contribution in [0.25, 0.3) is 11.1 Å². The molecule has 1 aliphatic rings. The molecule has 80 heavy (non-hydrogen) atoms. The third-order valence-corrected chi connectivity index (χ3v) is 12.7. The van der Waals surface area contributed by atoms with Gasteiger partial charge in [-0.05, 0) is 66.8 Å². The molecule has 0 saturated carbocycles. The van der Waals surface area contributed by atoms with Crippen molar-refractivity contribution in [3.63, 3.8) is 0 Å². The first-order valence-electron chi connectivity index (χ1n) is 25.7. The molecule has 0 bridgehead atoms. The highest BCUT2D eigenvalue weighted by Crippen LogP contribution is 2.41. The average Bonchev–Trinajstić information content (AvgIpc) is 3.95. The van der Waals surface area contributed by atoms with Gasteiger partial charge in [0, 0.05) is 80.8 Å². The quantitative estimate of drug-likeness (QED) is 0.0290. The van der Waals surface area contributed by atoms with Crippen LogP contribution in [0.4, 0.5) is 22.0 Å². The molecule has 1 saturated heterocycles. The molecule has 1 aromatic heterocycles. The Kier molecular flexibility index (Phi) is 25.6. The second kappa shape index (κ2) is 30.7. The van der Waals surface area contributed by atoms with E-state index in [-0.39, 0.29) is 70.1 Å². The van der Waals surface area contributed by atoms with Gasteiger partial charge in [0.15, 0.2) is 5.78 Å². The van der Waals surface area contributed by atoms with Gasteiger partial charge in [-0.15, -0.1) is 0 Å². The van der Waals surface area contributed by atoms with Gasteiger partial charge < -0.3 is 51.8 Å². The number of aliphatic hydroxyl groups excluding tert-OH is 1. The number of halogens is 5. The van der Waals surface area contributed by atoms with Gasteiger partial charge >= 0.3 is 18.1 Å². The van der Waals surface area contributed by atoms with E-state index in [1.807, 2.05) is 55.7 Å². The number of carboxylic acids is 2. The summed E-state index contributed by atoms with van der Waals surface area (Å²) in [7, 11) is 0. The van der Waals surface area contributed by atoms with Crippen LogP contribution >= 0.6 is 0 Å². The molecule has 0 radical (unpaired) electrons. The summed E-state index contributed by atoms with van der Waals surface area (Å²) in [4.78, 5) is 125. The van der Waals surface area contributed by atoms with E-state index in [1.165, 1.54) is 11.8 Å². The molecule has 7 amide bonds. The molecule has 0 aliphatic carbocycles. The number of likely N-dealkylation sites (tertiary alicyclic amines) is 1. The molecule has 21 nitrogen and oxygen atoms in total. The number of hydrogen-bond acceptors (Lipinski definition) is 12. The second-order valence-corrected chi connectivity index (χ2v) is 20.6. The molecule has 4 rings (SSSR count). The number of imide groups is 1. The van der Waals surface area contributed by atoms with E-state index >= 15 is 4.39 Å². The van der Waals surface area contributed by atoms with E-state index in [2.05, 4.69) is 21.3 Å². The van der Waals surface area contributed by atoms with Crippen molar-refractivity contribution >= 4 is 59.1 Å². The molecule has 2 heterocycles. The van der Waals surface area contributed by atoms with Gasteiger partial charge in [-0.1, -0.05) is 71.9 Å². The van der Waals surface area contributed by atoms with Crippen molar-refractivity contribution in [3.8, 4) is 11.1 Å². The minimum Gasteiger partial charge on any atom is -0.480 e. The number of alkyl halides is 3. The van der Waals surface area contributed by atoms with Gasteiger partial charge in [0.25, 0.3) is 0 Å². The molecule has 1 fully saturated rings. The number of rotatable bonds is 28. The van der Waals surface area contributed by atoms with Crippen molar-refractivity contribution in [2.24, 2.45) is 23.0 Å². The summed E-state index contributed by atoms with van der Waals surface area (Å²) >= 11 is 0.